The van der Waals surface area contributed by atoms with Gasteiger partial charge >= 0.3 is 0 Å². The van der Waals surface area contributed by atoms with Gasteiger partial charge in [-0.15, -0.1) is 0 Å². The van der Waals surface area contributed by atoms with Crippen molar-refractivity contribution in [3.05, 3.63) is 59.1 Å². The van der Waals surface area contributed by atoms with Gasteiger partial charge in [-0.3, -0.25) is 9.59 Å². The fraction of sp³-hybridized carbons (Fsp3) is 0.263. The molecule has 0 atom stereocenters. The first-order chi connectivity index (χ1) is 12.1. The molecule has 0 unspecified atom stereocenters. The summed E-state index contributed by atoms with van der Waals surface area (Å²) < 4.78 is 0. The van der Waals surface area contributed by atoms with Crippen LogP contribution in [0.1, 0.15) is 23.2 Å². The Morgan fingerprint density at radius 2 is 1.72 bits per heavy atom. The van der Waals surface area contributed by atoms with Crippen molar-refractivity contribution < 1.29 is 9.59 Å². The molecule has 2 N–H and O–H groups in total. The number of anilines is 2. The van der Waals surface area contributed by atoms with Gasteiger partial charge in [0, 0.05) is 35.1 Å². The zero-order valence-corrected chi connectivity index (χ0v) is 14.6. The highest BCUT2D eigenvalue weighted by molar-refractivity contribution is 6.30. The molecule has 2 aromatic carbocycles. The SMILES string of the molecule is O=C(CNc1ccc(C(=O)N2CCCC2)cc1)Nc1cccc(Cl)c1. The summed E-state index contributed by atoms with van der Waals surface area (Å²) in [5, 5.41) is 6.39. The molecule has 0 aromatic heterocycles. The molecule has 1 fully saturated rings. The summed E-state index contributed by atoms with van der Waals surface area (Å²) in [6, 6.07) is 14.2. The standard InChI is InChI=1S/C19H20ClN3O2/c20-15-4-3-5-17(12-15)22-18(24)13-21-16-8-6-14(7-9-16)19(25)23-10-1-2-11-23/h3-9,12,21H,1-2,10-11,13H2,(H,22,24). The number of carbonyl (C=O) groups is 2. The van der Waals surface area contributed by atoms with Crippen molar-refractivity contribution in [1.29, 1.82) is 0 Å². The van der Waals surface area contributed by atoms with Crippen LogP contribution >= 0.6 is 11.6 Å². The Balaban J connectivity index is 1.51. The van der Waals surface area contributed by atoms with E-state index in [1.54, 1.807) is 36.4 Å². The number of rotatable bonds is 5. The number of nitrogens with one attached hydrogen (secondary N) is 2. The Hall–Kier alpha value is -2.53. The fourth-order valence-electron chi connectivity index (χ4n) is 2.79. The molecule has 0 radical (unpaired) electrons. The fourth-order valence-corrected chi connectivity index (χ4v) is 2.98. The van der Waals surface area contributed by atoms with Crippen LogP contribution in [0.15, 0.2) is 48.5 Å². The maximum atomic E-state index is 12.3. The predicted molar refractivity (Wildman–Crippen MR) is 100 cm³/mol. The minimum absolute atomic E-state index is 0.0720. The maximum Gasteiger partial charge on any atom is 0.253 e. The second-order valence-corrected chi connectivity index (χ2v) is 6.43. The Labute approximate surface area is 152 Å². The van der Waals surface area contributed by atoms with E-state index in [1.807, 2.05) is 17.0 Å². The average molecular weight is 358 g/mol. The summed E-state index contributed by atoms with van der Waals surface area (Å²) >= 11 is 5.89. The first-order valence-corrected chi connectivity index (χ1v) is 8.68. The molecule has 0 bridgehead atoms. The summed E-state index contributed by atoms with van der Waals surface area (Å²) in [4.78, 5) is 26.1. The summed E-state index contributed by atoms with van der Waals surface area (Å²) in [6.45, 7) is 1.80. The number of carbonyl (C=O) groups excluding carboxylic acids is 2. The van der Waals surface area contributed by atoms with Gasteiger partial charge < -0.3 is 15.5 Å². The zero-order valence-electron chi connectivity index (χ0n) is 13.8. The number of hydrogen-bond donors (Lipinski definition) is 2. The number of nitrogens with zero attached hydrogens (tertiary/aromatic N) is 1. The summed E-state index contributed by atoms with van der Waals surface area (Å²) in [5.41, 5.74) is 2.13. The highest BCUT2D eigenvalue weighted by Crippen LogP contribution is 2.16. The normalized spacial score (nSPS) is 13.6. The Morgan fingerprint density at radius 3 is 2.40 bits per heavy atom. The molecule has 5 nitrogen and oxygen atoms in total. The van der Waals surface area contributed by atoms with Crippen LogP contribution in [0, 0.1) is 0 Å². The third-order valence-corrected chi connectivity index (χ3v) is 4.32. The molecular formula is C19H20ClN3O2. The van der Waals surface area contributed by atoms with Gasteiger partial charge in [0.25, 0.3) is 5.91 Å². The highest BCUT2D eigenvalue weighted by Gasteiger charge is 2.19. The van der Waals surface area contributed by atoms with E-state index < -0.39 is 0 Å². The van der Waals surface area contributed by atoms with Crippen molar-refractivity contribution in [3.63, 3.8) is 0 Å². The van der Waals surface area contributed by atoms with Crippen LogP contribution in [0.4, 0.5) is 11.4 Å². The van der Waals surface area contributed by atoms with Gasteiger partial charge in [0.15, 0.2) is 0 Å². The average Bonchev–Trinajstić information content (AvgIpc) is 3.14. The van der Waals surface area contributed by atoms with Crippen molar-refractivity contribution in [1.82, 2.24) is 4.90 Å². The Morgan fingerprint density at radius 1 is 1.00 bits per heavy atom. The number of amides is 2. The molecule has 25 heavy (non-hydrogen) atoms. The molecule has 1 aliphatic heterocycles. The molecule has 6 heteroatoms. The molecule has 2 amide bonds. The predicted octanol–water partition coefficient (Wildman–Crippen LogP) is 3.63. The lowest BCUT2D eigenvalue weighted by Gasteiger charge is -2.15. The minimum atomic E-state index is -0.167. The number of hydrogen-bond acceptors (Lipinski definition) is 3. The lowest BCUT2D eigenvalue weighted by atomic mass is 10.2. The topological polar surface area (TPSA) is 61.4 Å². The summed E-state index contributed by atoms with van der Waals surface area (Å²) in [7, 11) is 0. The van der Waals surface area contributed by atoms with Gasteiger partial charge in [0.05, 0.1) is 6.54 Å². The molecule has 1 aliphatic rings. The first kappa shape index (κ1) is 17.3. The molecule has 0 aliphatic carbocycles. The van der Waals surface area contributed by atoms with E-state index in [0.29, 0.717) is 16.3 Å². The van der Waals surface area contributed by atoms with Gasteiger partial charge in [-0.2, -0.15) is 0 Å². The molecule has 1 saturated heterocycles. The lowest BCUT2D eigenvalue weighted by molar-refractivity contribution is -0.114. The lowest BCUT2D eigenvalue weighted by Crippen LogP contribution is -2.27. The second kappa shape index (κ2) is 8.03. The van der Waals surface area contributed by atoms with Gasteiger partial charge in [-0.1, -0.05) is 17.7 Å². The van der Waals surface area contributed by atoms with Crippen LogP contribution in [0.2, 0.25) is 5.02 Å². The van der Waals surface area contributed by atoms with Crippen LogP contribution in [0.5, 0.6) is 0 Å². The summed E-state index contributed by atoms with van der Waals surface area (Å²) in [6.07, 6.45) is 2.15. The van der Waals surface area contributed by atoms with E-state index in [1.165, 1.54) is 0 Å². The minimum Gasteiger partial charge on any atom is -0.376 e. The van der Waals surface area contributed by atoms with E-state index in [4.69, 9.17) is 11.6 Å². The van der Waals surface area contributed by atoms with Crippen molar-refractivity contribution in [2.24, 2.45) is 0 Å². The number of likely N-dealkylation sites (tertiary alicyclic amines) is 1. The second-order valence-electron chi connectivity index (χ2n) is 5.99. The Kier molecular flexibility index (Phi) is 5.56. The van der Waals surface area contributed by atoms with Crippen LogP contribution in [-0.4, -0.2) is 36.3 Å². The third kappa shape index (κ3) is 4.73. The molecule has 0 spiro atoms. The first-order valence-electron chi connectivity index (χ1n) is 8.30. The van der Waals surface area contributed by atoms with Crippen molar-refractivity contribution in [2.45, 2.75) is 12.8 Å². The maximum absolute atomic E-state index is 12.3. The van der Waals surface area contributed by atoms with Crippen LogP contribution in [0.25, 0.3) is 0 Å². The van der Waals surface area contributed by atoms with Gasteiger partial charge in [-0.25, -0.2) is 0 Å². The van der Waals surface area contributed by atoms with Gasteiger partial charge in [-0.05, 0) is 55.3 Å². The van der Waals surface area contributed by atoms with Crippen LogP contribution in [-0.2, 0) is 4.79 Å². The van der Waals surface area contributed by atoms with E-state index in [0.717, 1.165) is 31.6 Å². The Bertz CT molecular complexity index is 756. The van der Waals surface area contributed by atoms with E-state index in [9.17, 15) is 9.59 Å². The molecule has 0 saturated carbocycles. The van der Waals surface area contributed by atoms with Crippen LogP contribution in [0.3, 0.4) is 0 Å². The van der Waals surface area contributed by atoms with E-state index in [-0.39, 0.29) is 18.4 Å². The quantitative estimate of drug-likeness (QED) is 0.859. The largest absolute Gasteiger partial charge is 0.376 e. The molecule has 130 valence electrons. The summed E-state index contributed by atoms with van der Waals surface area (Å²) in [5.74, 6) is -0.0952. The molecule has 2 aromatic rings. The molecule has 3 rings (SSSR count). The van der Waals surface area contributed by atoms with Crippen LogP contribution < -0.4 is 10.6 Å². The van der Waals surface area contributed by atoms with E-state index in [2.05, 4.69) is 10.6 Å². The van der Waals surface area contributed by atoms with E-state index >= 15 is 0 Å². The highest BCUT2D eigenvalue weighted by atomic mass is 35.5. The van der Waals surface area contributed by atoms with Crippen molar-refractivity contribution in [2.75, 3.05) is 30.3 Å². The molecule has 1 heterocycles. The van der Waals surface area contributed by atoms with Gasteiger partial charge in [0.2, 0.25) is 5.91 Å². The number of halogens is 1. The molecular weight excluding hydrogens is 338 g/mol. The number of benzene rings is 2. The van der Waals surface area contributed by atoms with Gasteiger partial charge in [0.1, 0.15) is 0 Å². The smallest absolute Gasteiger partial charge is 0.253 e. The third-order valence-electron chi connectivity index (χ3n) is 4.09. The zero-order chi connectivity index (χ0) is 17.6. The monoisotopic (exact) mass is 357 g/mol. The van der Waals surface area contributed by atoms with Crippen molar-refractivity contribution in [3.8, 4) is 0 Å². The van der Waals surface area contributed by atoms with Crippen molar-refractivity contribution >= 4 is 34.8 Å².